The van der Waals surface area contributed by atoms with Gasteiger partial charge in [-0.2, -0.15) is 0 Å². The molecule has 272 valence electrons. The van der Waals surface area contributed by atoms with Crippen LogP contribution in [0.15, 0.2) is 229 Å². The number of nitrogens with zero attached hydrogens (tertiary/aromatic N) is 1. The molecule has 1 heterocycles. The summed E-state index contributed by atoms with van der Waals surface area (Å²) in [5.74, 6) is 0. The molecule has 1 aromatic heterocycles. The molecule has 11 aromatic rings. The van der Waals surface area contributed by atoms with Gasteiger partial charge >= 0.3 is 0 Å². The molecule has 0 aliphatic carbocycles. The Balaban J connectivity index is 1.04. The van der Waals surface area contributed by atoms with E-state index in [1.165, 1.54) is 43.8 Å². The highest BCUT2D eigenvalue weighted by atomic mass is 16.3. The zero-order valence-corrected chi connectivity index (χ0v) is 31.7. The predicted octanol–water partition coefficient (Wildman–Crippen LogP) is 16.0. The fourth-order valence-electron chi connectivity index (χ4n) is 8.68. The van der Waals surface area contributed by atoms with E-state index < -0.39 is 0 Å². The number of para-hydroxylation sites is 1. The van der Waals surface area contributed by atoms with Gasteiger partial charge in [-0.05, 0) is 109 Å². The van der Waals surface area contributed by atoms with Crippen LogP contribution in [0.25, 0.3) is 88.0 Å². The molecule has 0 saturated heterocycles. The van der Waals surface area contributed by atoms with Crippen LogP contribution in [0, 0.1) is 0 Å². The molecule has 2 nitrogen and oxygen atoms in total. The number of hydrogen-bond donors (Lipinski definition) is 0. The van der Waals surface area contributed by atoms with Gasteiger partial charge in [-0.1, -0.05) is 176 Å². The summed E-state index contributed by atoms with van der Waals surface area (Å²) in [6.45, 7) is 0. The average molecular weight is 740 g/mol. The van der Waals surface area contributed by atoms with E-state index in [2.05, 4.69) is 223 Å². The van der Waals surface area contributed by atoms with Crippen LogP contribution in [0.2, 0.25) is 0 Å². The Kier molecular flexibility index (Phi) is 8.19. The first-order chi connectivity index (χ1) is 28.8. The van der Waals surface area contributed by atoms with E-state index in [9.17, 15) is 0 Å². The van der Waals surface area contributed by atoms with Crippen molar-refractivity contribution in [2.75, 3.05) is 4.90 Å². The summed E-state index contributed by atoms with van der Waals surface area (Å²) in [5, 5.41) is 7.22. The standard InChI is InChI=1S/C56H37NO/c1-3-13-38(14-4-1)47-19-9-10-20-49(47)41-25-29-44(30-26-41)57(46-33-34-50-43(37-46)24-23-40-17-7-8-18-48(40)50)45-31-27-42(28-32-45)51-35-36-52(39-15-5-2-6-16-39)56-55(51)53-21-11-12-22-54(53)58-56/h1-37H. The molecule has 0 bridgehead atoms. The Bertz CT molecular complexity index is 3250. The summed E-state index contributed by atoms with van der Waals surface area (Å²) in [4.78, 5) is 2.37. The third kappa shape index (κ3) is 5.82. The SMILES string of the molecule is c1ccc(-c2ccccc2-c2ccc(N(c3ccc(-c4ccc(-c5ccccc5)c5oc6ccccc6c45)cc3)c3ccc4c(ccc5ccccc54)c3)cc2)cc1. The molecular formula is C56H37NO. The van der Waals surface area contributed by atoms with Crippen LogP contribution in [0.1, 0.15) is 0 Å². The zero-order valence-electron chi connectivity index (χ0n) is 31.7. The van der Waals surface area contributed by atoms with Crippen LogP contribution in [0.5, 0.6) is 0 Å². The molecule has 10 aromatic carbocycles. The van der Waals surface area contributed by atoms with Crippen molar-refractivity contribution in [3.05, 3.63) is 224 Å². The van der Waals surface area contributed by atoms with Crippen LogP contribution < -0.4 is 4.90 Å². The minimum atomic E-state index is 0.892. The van der Waals surface area contributed by atoms with Crippen LogP contribution in [0.4, 0.5) is 17.1 Å². The molecule has 0 aliphatic heterocycles. The first kappa shape index (κ1) is 33.6. The topological polar surface area (TPSA) is 16.4 Å². The molecular weight excluding hydrogens is 703 g/mol. The first-order valence-electron chi connectivity index (χ1n) is 19.8. The van der Waals surface area contributed by atoms with Gasteiger partial charge in [0, 0.05) is 33.4 Å². The number of benzene rings is 10. The van der Waals surface area contributed by atoms with Crippen molar-refractivity contribution < 1.29 is 4.42 Å². The zero-order chi connectivity index (χ0) is 38.4. The van der Waals surface area contributed by atoms with Crippen molar-refractivity contribution in [2.24, 2.45) is 0 Å². The molecule has 0 radical (unpaired) electrons. The lowest BCUT2D eigenvalue weighted by atomic mass is 9.94. The van der Waals surface area contributed by atoms with Crippen molar-refractivity contribution >= 4 is 60.5 Å². The fourth-order valence-corrected chi connectivity index (χ4v) is 8.68. The number of hydrogen-bond acceptors (Lipinski definition) is 2. The number of rotatable bonds is 7. The van der Waals surface area contributed by atoms with Crippen molar-refractivity contribution in [3.63, 3.8) is 0 Å². The second-order valence-corrected chi connectivity index (χ2v) is 14.9. The summed E-state index contributed by atoms with van der Waals surface area (Å²) in [5.41, 5.74) is 14.4. The Hall–Kier alpha value is -7.68. The average Bonchev–Trinajstić information content (AvgIpc) is 3.70. The van der Waals surface area contributed by atoms with Crippen molar-refractivity contribution in [2.45, 2.75) is 0 Å². The number of furan rings is 1. The molecule has 2 heteroatoms. The molecule has 0 atom stereocenters. The van der Waals surface area contributed by atoms with Crippen molar-refractivity contribution in [3.8, 4) is 44.5 Å². The van der Waals surface area contributed by atoms with Gasteiger partial charge in [0.1, 0.15) is 11.2 Å². The molecule has 0 spiro atoms. The van der Waals surface area contributed by atoms with Crippen molar-refractivity contribution in [1.82, 2.24) is 0 Å². The second kappa shape index (κ2) is 14.1. The Morgan fingerprint density at radius 3 is 1.47 bits per heavy atom. The van der Waals surface area contributed by atoms with Crippen LogP contribution in [-0.4, -0.2) is 0 Å². The maximum Gasteiger partial charge on any atom is 0.143 e. The number of anilines is 3. The summed E-state index contributed by atoms with van der Waals surface area (Å²) in [6.07, 6.45) is 0. The van der Waals surface area contributed by atoms with E-state index in [-0.39, 0.29) is 0 Å². The highest BCUT2D eigenvalue weighted by Crippen LogP contribution is 2.44. The predicted molar refractivity (Wildman–Crippen MR) is 245 cm³/mol. The minimum absolute atomic E-state index is 0.892. The maximum absolute atomic E-state index is 6.61. The van der Waals surface area contributed by atoms with Crippen LogP contribution >= 0.6 is 0 Å². The van der Waals surface area contributed by atoms with Gasteiger partial charge in [0.2, 0.25) is 0 Å². The Morgan fingerprint density at radius 2 is 0.776 bits per heavy atom. The molecule has 0 unspecified atom stereocenters. The molecule has 0 aliphatic rings. The van der Waals surface area contributed by atoms with E-state index in [1.54, 1.807) is 0 Å². The summed E-state index contributed by atoms with van der Waals surface area (Å²) >= 11 is 0. The lowest BCUT2D eigenvalue weighted by Crippen LogP contribution is -2.10. The molecule has 0 amide bonds. The van der Waals surface area contributed by atoms with E-state index in [1.807, 2.05) is 6.07 Å². The Labute approximate surface area is 337 Å². The third-order valence-corrected chi connectivity index (χ3v) is 11.5. The van der Waals surface area contributed by atoms with Crippen molar-refractivity contribution in [1.29, 1.82) is 0 Å². The molecule has 58 heavy (non-hydrogen) atoms. The fraction of sp³-hybridized carbons (Fsp3) is 0. The van der Waals surface area contributed by atoms with Gasteiger partial charge in [0.15, 0.2) is 0 Å². The highest BCUT2D eigenvalue weighted by molar-refractivity contribution is 6.16. The van der Waals surface area contributed by atoms with Gasteiger partial charge in [0.25, 0.3) is 0 Å². The third-order valence-electron chi connectivity index (χ3n) is 11.5. The van der Waals surface area contributed by atoms with Gasteiger partial charge in [0.05, 0.1) is 0 Å². The van der Waals surface area contributed by atoms with E-state index >= 15 is 0 Å². The van der Waals surface area contributed by atoms with Gasteiger partial charge in [-0.15, -0.1) is 0 Å². The number of fused-ring (bicyclic) bond motifs is 6. The molecule has 0 fully saturated rings. The minimum Gasteiger partial charge on any atom is -0.455 e. The summed E-state index contributed by atoms with van der Waals surface area (Å²) in [7, 11) is 0. The first-order valence-corrected chi connectivity index (χ1v) is 19.8. The molecule has 11 rings (SSSR count). The Morgan fingerprint density at radius 1 is 0.293 bits per heavy atom. The summed E-state index contributed by atoms with van der Waals surface area (Å²) in [6, 6.07) is 80.6. The normalized spacial score (nSPS) is 11.4. The van der Waals surface area contributed by atoms with E-state index in [0.29, 0.717) is 0 Å². The molecule has 0 N–H and O–H groups in total. The van der Waals surface area contributed by atoms with E-state index in [4.69, 9.17) is 4.42 Å². The maximum atomic E-state index is 6.61. The van der Waals surface area contributed by atoms with Crippen LogP contribution in [-0.2, 0) is 0 Å². The smallest absolute Gasteiger partial charge is 0.143 e. The monoisotopic (exact) mass is 739 g/mol. The van der Waals surface area contributed by atoms with Crippen LogP contribution in [0.3, 0.4) is 0 Å². The van der Waals surface area contributed by atoms with Gasteiger partial charge in [-0.3, -0.25) is 0 Å². The van der Waals surface area contributed by atoms with Gasteiger partial charge in [-0.25, -0.2) is 0 Å². The second-order valence-electron chi connectivity index (χ2n) is 14.9. The highest BCUT2D eigenvalue weighted by Gasteiger charge is 2.19. The van der Waals surface area contributed by atoms with E-state index in [0.717, 1.165) is 61.3 Å². The largest absolute Gasteiger partial charge is 0.455 e. The summed E-state index contributed by atoms with van der Waals surface area (Å²) < 4.78 is 6.61. The molecule has 0 saturated carbocycles. The lowest BCUT2D eigenvalue weighted by Gasteiger charge is -2.26. The van der Waals surface area contributed by atoms with Gasteiger partial charge < -0.3 is 9.32 Å². The lowest BCUT2D eigenvalue weighted by molar-refractivity contribution is 0.670. The quantitative estimate of drug-likeness (QED) is 0.151.